The van der Waals surface area contributed by atoms with Crippen molar-refractivity contribution < 1.29 is 29.0 Å². The second kappa shape index (κ2) is 12.0. The molecule has 39 heavy (non-hydrogen) atoms. The number of carbonyl (C=O) groups is 3. The SMILES string of the molecule is C=CCN(C(=O)C1N([C@@H](CC)CO)C(=O)[C@@H]2[C@@H](C(=O)OCC)[C@@H]3OC12CC3Br)c1ccc(N(CC)CC)cc1. The van der Waals surface area contributed by atoms with Gasteiger partial charge in [-0.3, -0.25) is 14.4 Å². The molecule has 9 nitrogen and oxygen atoms in total. The minimum atomic E-state index is -1.21. The second-order valence-electron chi connectivity index (χ2n) is 10.3. The first-order chi connectivity index (χ1) is 18.7. The molecule has 7 atom stereocenters. The lowest BCUT2D eigenvalue weighted by molar-refractivity contribution is -0.155. The van der Waals surface area contributed by atoms with Crippen molar-refractivity contribution in [3.05, 3.63) is 36.9 Å². The largest absolute Gasteiger partial charge is 0.466 e. The number of rotatable bonds is 12. The number of hydrogen-bond acceptors (Lipinski definition) is 7. The molecule has 10 heteroatoms. The van der Waals surface area contributed by atoms with Crippen molar-refractivity contribution in [3.63, 3.8) is 0 Å². The molecular formula is C29H40BrN3O6. The van der Waals surface area contributed by atoms with E-state index in [-0.39, 0.29) is 36.4 Å². The summed E-state index contributed by atoms with van der Waals surface area (Å²) < 4.78 is 11.9. The average molecular weight is 607 g/mol. The van der Waals surface area contributed by atoms with Gasteiger partial charge in [-0.05, 0) is 57.9 Å². The number of likely N-dealkylation sites (tertiary alicyclic amines) is 1. The Labute approximate surface area is 239 Å². The van der Waals surface area contributed by atoms with Gasteiger partial charge in [-0.2, -0.15) is 0 Å². The summed E-state index contributed by atoms with van der Waals surface area (Å²) in [6, 6.07) is 6.15. The zero-order valence-electron chi connectivity index (χ0n) is 23.2. The van der Waals surface area contributed by atoms with Crippen molar-refractivity contribution in [1.29, 1.82) is 0 Å². The summed E-state index contributed by atoms with van der Waals surface area (Å²) in [5.74, 6) is -2.84. The standard InChI is InChI=1S/C29H40BrN3O6/c1-6-15-32(20-13-11-19(12-14-20)31(8-3)9-4)27(36)25-29-16-21(30)24(39-29)22(28(37)38-10-5)23(29)26(35)33(25)18(7-2)17-34/h6,11-14,18,21-25,34H,1,7-10,15-17H2,2-5H3/t18-,21?,22+,23-,24+,25?,29?/m0/s1. The van der Waals surface area contributed by atoms with Crippen molar-refractivity contribution in [2.24, 2.45) is 11.8 Å². The Balaban J connectivity index is 1.79. The number of esters is 1. The highest BCUT2D eigenvalue weighted by Gasteiger charge is 2.77. The van der Waals surface area contributed by atoms with Crippen molar-refractivity contribution in [1.82, 2.24) is 4.90 Å². The van der Waals surface area contributed by atoms with Crippen LogP contribution >= 0.6 is 15.9 Å². The monoisotopic (exact) mass is 605 g/mol. The Morgan fingerprint density at radius 2 is 1.87 bits per heavy atom. The Morgan fingerprint density at radius 3 is 2.41 bits per heavy atom. The topological polar surface area (TPSA) is 99.6 Å². The van der Waals surface area contributed by atoms with Crippen LogP contribution in [0.4, 0.5) is 11.4 Å². The maximum atomic E-state index is 14.6. The summed E-state index contributed by atoms with van der Waals surface area (Å²) >= 11 is 3.66. The van der Waals surface area contributed by atoms with E-state index in [9.17, 15) is 19.5 Å². The molecule has 1 spiro atoms. The van der Waals surface area contributed by atoms with Crippen LogP contribution in [0.15, 0.2) is 36.9 Å². The van der Waals surface area contributed by atoms with Crippen LogP contribution in [0.25, 0.3) is 0 Å². The van der Waals surface area contributed by atoms with Crippen molar-refractivity contribution in [2.75, 3.05) is 42.6 Å². The molecule has 0 aromatic heterocycles. The number of nitrogens with zero attached hydrogens (tertiary/aromatic N) is 3. The van der Waals surface area contributed by atoms with Gasteiger partial charge in [-0.1, -0.05) is 28.9 Å². The molecule has 3 unspecified atom stereocenters. The highest BCUT2D eigenvalue weighted by molar-refractivity contribution is 9.09. The van der Waals surface area contributed by atoms with E-state index in [1.165, 1.54) is 4.90 Å². The molecule has 0 saturated carbocycles. The predicted octanol–water partition coefficient (Wildman–Crippen LogP) is 3.13. The van der Waals surface area contributed by atoms with Gasteiger partial charge in [-0.15, -0.1) is 6.58 Å². The number of ether oxygens (including phenoxy) is 2. The Kier molecular flexibility index (Phi) is 9.08. The third kappa shape index (κ3) is 4.78. The number of amides is 2. The molecule has 3 aliphatic rings. The van der Waals surface area contributed by atoms with E-state index in [1.807, 2.05) is 31.2 Å². The molecule has 0 aliphatic carbocycles. The third-order valence-corrected chi connectivity index (χ3v) is 9.31. The van der Waals surface area contributed by atoms with Gasteiger partial charge in [0.1, 0.15) is 11.6 Å². The molecule has 1 aromatic rings. The van der Waals surface area contributed by atoms with Crippen LogP contribution in [0.3, 0.4) is 0 Å². The molecule has 2 amide bonds. The average Bonchev–Trinajstić information content (AvgIpc) is 3.53. The van der Waals surface area contributed by atoms with Gasteiger partial charge in [0.05, 0.1) is 37.2 Å². The normalized spacial score (nSPS) is 29.7. The molecule has 4 rings (SSSR count). The van der Waals surface area contributed by atoms with Crippen LogP contribution in [0.2, 0.25) is 0 Å². The summed E-state index contributed by atoms with van der Waals surface area (Å²) in [5.41, 5.74) is 0.507. The Morgan fingerprint density at radius 1 is 1.23 bits per heavy atom. The van der Waals surface area contributed by atoms with Gasteiger partial charge < -0.3 is 29.3 Å². The number of halogens is 1. The van der Waals surface area contributed by atoms with Crippen LogP contribution in [0.1, 0.15) is 40.5 Å². The fourth-order valence-electron chi connectivity index (χ4n) is 6.69. The first-order valence-corrected chi connectivity index (χ1v) is 14.8. The van der Waals surface area contributed by atoms with Crippen molar-refractivity contribution in [2.45, 2.75) is 69.2 Å². The minimum Gasteiger partial charge on any atom is -0.466 e. The summed E-state index contributed by atoms with van der Waals surface area (Å²) in [4.78, 5) is 46.9. The first-order valence-electron chi connectivity index (χ1n) is 13.9. The van der Waals surface area contributed by atoms with E-state index >= 15 is 0 Å². The molecule has 3 saturated heterocycles. The van der Waals surface area contributed by atoms with E-state index < -0.39 is 41.6 Å². The number of alkyl halides is 1. The maximum absolute atomic E-state index is 14.6. The molecule has 3 fully saturated rings. The number of fused-ring (bicyclic) bond motifs is 1. The van der Waals surface area contributed by atoms with E-state index in [4.69, 9.17) is 9.47 Å². The predicted molar refractivity (Wildman–Crippen MR) is 153 cm³/mol. The van der Waals surface area contributed by atoms with Gasteiger partial charge in [0, 0.05) is 35.8 Å². The molecule has 3 aliphatic heterocycles. The van der Waals surface area contributed by atoms with Gasteiger partial charge in [-0.25, -0.2) is 0 Å². The van der Waals surface area contributed by atoms with Crippen LogP contribution in [0.5, 0.6) is 0 Å². The molecule has 214 valence electrons. The number of anilines is 2. The lowest BCUT2D eigenvalue weighted by Gasteiger charge is -2.39. The number of aliphatic hydroxyl groups is 1. The lowest BCUT2D eigenvalue weighted by Crippen LogP contribution is -2.59. The van der Waals surface area contributed by atoms with E-state index in [0.29, 0.717) is 18.5 Å². The van der Waals surface area contributed by atoms with Crippen LogP contribution < -0.4 is 9.80 Å². The van der Waals surface area contributed by atoms with Crippen LogP contribution in [-0.2, 0) is 23.9 Å². The van der Waals surface area contributed by atoms with Gasteiger partial charge in [0.2, 0.25) is 5.91 Å². The first kappa shape index (κ1) is 29.6. The molecule has 0 radical (unpaired) electrons. The summed E-state index contributed by atoms with van der Waals surface area (Å²) in [5, 5.41) is 10.3. The maximum Gasteiger partial charge on any atom is 0.312 e. The molecular weight excluding hydrogens is 566 g/mol. The molecule has 1 N–H and O–H groups in total. The minimum absolute atomic E-state index is 0.180. The van der Waals surface area contributed by atoms with Crippen molar-refractivity contribution in [3.8, 4) is 0 Å². The highest BCUT2D eigenvalue weighted by Crippen LogP contribution is 2.60. The second-order valence-corrected chi connectivity index (χ2v) is 11.5. The smallest absolute Gasteiger partial charge is 0.312 e. The van der Waals surface area contributed by atoms with E-state index in [0.717, 1.165) is 18.8 Å². The van der Waals surface area contributed by atoms with Crippen molar-refractivity contribution >= 4 is 45.1 Å². The summed E-state index contributed by atoms with van der Waals surface area (Å²) in [6.07, 6.45) is 1.91. The molecule has 2 bridgehead atoms. The van der Waals surface area contributed by atoms with E-state index in [1.54, 1.807) is 17.9 Å². The fourth-order valence-corrected chi connectivity index (χ4v) is 7.64. The zero-order valence-corrected chi connectivity index (χ0v) is 24.8. The zero-order chi connectivity index (χ0) is 28.5. The Bertz CT molecular complexity index is 1080. The Hall–Kier alpha value is -2.43. The number of hydrogen-bond donors (Lipinski definition) is 1. The quantitative estimate of drug-likeness (QED) is 0.222. The van der Waals surface area contributed by atoms with E-state index in [2.05, 4.69) is 41.3 Å². The number of aliphatic hydroxyl groups excluding tert-OH is 1. The molecule has 1 aromatic carbocycles. The number of benzene rings is 1. The van der Waals surface area contributed by atoms with Gasteiger partial charge in [0.15, 0.2) is 0 Å². The van der Waals surface area contributed by atoms with Crippen LogP contribution in [0, 0.1) is 11.8 Å². The summed E-state index contributed by atoms with van der Waals surface area (Å²) in [7, 11) is 0. The molecule has 3 heterocycles. The summed E-state index contributed by atoms with van der Waals surface area (Å²) in [6.45, 7) is 13.5. The number of carbonyl (C=O) groups excluding carboxylic acids is 3. The van der Waals surface area contributed by atoms with Gasteiger partial charge in [0.25, 0.3) is 5.91 Å². The van der Waals surface area contributed by atoms with Gasteiger partial charge >= 0.3 is 5.97 Å². The van der Waals surface area contributed by atoms with Crippen LogP contribution in [-0.4, -0.2) is 89.3 Å². The fraction of sp³-hybridized carbons (Fsp3) is 0.621. The third-order valence-electron chi connectivity index (χ3n) is 8.46. The lowest BCUT2D eigenvalue weighted by atomic mass is 9.70. The highest BCUT2D eigenvalue weighted by atomic mass is 79.9.